The van der Waals surface area contributed by atoms with Crippen molar-refractivity contribution in [3.05, 3.63) is 99.5 Å². The first-order valence-electron chi connectivity index (χ1n) is 7.29. The van der Waals surface area contributed by atoms with E-state index in [4.69, 9.17) is 28.2 Å². The molecular weight excluding hydrogens is 325 g/mol. The van der Waals surface area contributed by atoms with E-state index in [2.05, 4.69) is 19.1 Å². The average Bonchev–Trinajstić information content (AvgIpc) is 2.56. The molecule has 23 heavy (non-hydrogen) atoms. The summed E-state index contributed by atoms with van der Waals surface area (Å²) in [4.78, 5) is 4.83. The molecule has 0 aliphatic carbocycles. The van der Waals surface area contributed by atoms with E-state index < -0.39 is 0 Å². The number of aryl methyl sites for hydroxylation is 1. The number of nitrogens with zero attached hydrogens (tertiary/aromatic N) is 1. The maximum atomic E-state index is 6.00. The molecule has 3 aromatic rings. The number of hydrogen-bond donors (Lipinski definition) is 0. The van der Waals surface area contributed by atoms with Gasteiger partial charge in [0.2, 0.25) is 0 Å². The highest BCUT2D eigenvalue weighted by Crippen LogP contribution is 2.21. The van der Waals surface area contributed by atoms with Crippen LogP contribution in [-0.2, 0) is 0 Å². The topological polar surface area (TPSA) is 12.4 Å². The molecule has 1 nitrogen and oxygen atoms in total. The molecule has 0 amide bonds. The summed E-state index contributed by atoms with van der Waals surface area (Å²) in [7, 11) is 0. The van der Waals surface area contributed by atoms with Crippen LogP contribution < -0.4 is 0 Å². The van der Waals surface area contributed by atoms with E-state index in [1.54, 1.807) is 0 Å². The Kier molecular flexibility index (Phi) is 4.80. The molecule has 0 spiro atoms. The number of hydrogen-bond acceptors (Lipinski definition) is 1. The van der Waals surface area contributed by atoms with Crippen LogP contribution in [0.3, 0.4) is 0 Å². The molecule has 0 saturated carbocycles. The molecule has 3 aromatic carbocycles. The van der Waals surface area contributed by atoms with Crippen LogP contribution in [0.1, 0.15) is 16.7 Å². The zero-order chi connectivity index (χ0) is 16.2. The molecular formula is C20H15Cl2N. The summed E-state index contributed by atoms with van der Waals surface area (Å²) in [5.41, 5.74) is 5.04. The van der Waals surface area contributed by atoms with Crippen molar-refractivity contribution in [2.75, 3.05) is 0 Å². The molecule has 0 radical (unpaired) electrons. The lowest BCUT2D eigenvalue weighted by atomic mass is 10.0. The summed E-state index contributed by atoms with van der Waals surface area (Å²) in [6.45, 7) is 2.06. The summed E-state index contributed by atoms with van der Waals surface area (Å²) in [5, 5.41) is 1.42. The van der Waals surface area contributed by atoms with Gasteiger partial charge in [-0.1, -0.05) is 65.2 Å². The molecule has 0 aliphatic heterocycles. The summed E-state index contributed by atoms with van der Waals surface area (Å²) >= 11 is 12.0. The van der Waals surface area contributed by atoms with E-state index in [1.165, 1.54) is 5.56 Å². The van der Waals surface area contributed by atoms with Crippen LogP contribution in [0.2, 0.25) is 10.0 Å². The third-order valence-corrected chi connectivity index (χ3v) is 4.01. The van der Waals surface area contributed by atoms with Crippen LogP contribution in [0.15, 0.2) is 77.8 Å². The summed E-state index contributed by atoms with van der Waals surface area (Å²) in [6.07, 6.45) is 0. The van der Waals surface area contributed by atoms with E-state index in [0.717, 1.165) is 22.5 Å². The van der Waals surface area contributed by atoms with Gasteiger partial charge >= 0.3 is 0 Å². The number of halogens is 2. The maximum Gasteiger partial charge on any atom is 0.0781 e. The standard InChI is InChI=1S/C20H15Cl2N/c1-14-2-12-19(13-3-14)23-20(15-4-8-17(21)9-5-15)16-6-10-18(22)11-7-16/h2-13H,1H3. The lowest BCUT2D eigenvalue weighted by molar-refractivity contribution is 1.42. The first-order valence-corrected chi connectivity index (χ1v) is 8.05. The second-order valence-electron chi connectivity index (χ2n) is 5.31. The van der Waals surface area contributed by atoms with E-state index in [9.17, 15) is 0 Å². The number of rotatable bonds is 3. The molecule has 0 bridgehead atoms. The van der Waals surface area contributed by atoms with Gasteiger partial charge in [-0.05, 0) is 43.3 Å². The Labute approximate surface area is 146 Å². The Balaban J connectivity index is 2.10. The van der Waals surface area contributed by atoms with Crippen LogP contribution in [-0.4, -0.2) is 5.71 Å². The fourth-order valence-corrected chi connectivity index (χ4v) is 2.51. The summed E-state index contributed by atoms with van der Waals surface area (Å²) in [6, 6.07) is 23.5. The second kappa shape index (κ2) is 6.99. The molecule has 0 N–H and O–H groups in total. The van der Waals surface area contributed by atoms with Crippen LogP contribution in [0.25, 0.3) is 0 Å². The van der Waals surface area contributed by atoms with Crippen molar-refractivity contribution < 1.29 is 0 Å². The Bertz CT molecular complexity index is 770. The Morgan fingerprint density at radius 1 is 0.652 bits per heavy atom. The molecule has 0 atom stereocenters. The first kappa shape index (κ1) is 15.8. The summed E-state index contributed by atoms with van der Waals surface area (Å²) < 4.78 is 0. The van der Waals surface area contributed by atoms with E-state index >= 15 is 0 Å². The van der Waals surface area contributed by atoms with Crippen LogP contribution >= 0.6 is 23.2 Å². The second-order valence-corrected chi connectivity index (χ2v) is 6.18. The van der Waals surface area contributed by atoms with E-state index in [0.29, 0.717) is 10.0 Å². The van der Waals surface area contributed by atoms with Gasteiger partial charge in [-0.3, -0.25) is 0 Å². The van der Waals surface area contributed by atoms with Crippen molar-refractivity contribution in [1.82, 2.24) is 0 Å². The molecule has 0 aromatic heterocycles. The molecule has 3 heteroatoms. The van der Waals surface area contributed by atoms with Crippen molar-refractivity contribution in [2.45, 2.75) is 6.92 Å². The Morgan fingerprint density at radius 2 is 1.09 bits per heavy atom. The smallest absolute Gasteiger partial charge is 0.0781 e. The lowest BCUT2D eigenvalue weighted by Crippen LogP contribution is -2.02. The molecule has 0 aliphatic rings. The zero-order valence-electron chi connectivity index (χ0n) is 12.6. The van der Waals surface area contributed by atoms with Gasteiger partial charge in [0, 0.05) is 21.2 Å². The van der Waals surface area contributed by atoms with E-state index in [1.807, 2.05) is 60.7 Å². The van der Waals surface area contributed by atoms with E-state index in [-0.39, 0.29) is 0 Å². The maximum absolute atomic E-state index is 6.00. The van der Waals surface area contributed by atoms with Gasteiger partial charge < -0.3 is 0 Å². The first-order chi connectivity index (χ1) is 11.1. The van der Waals surface area contributed by atoms with Crippen molar-refractivity contribution in [1.29, 1.82) is 0 Å². The SMILES string of the molecule is Cc1ccc(N=C(c2ccc(Cl)cc2)c2ccc(Cl)cc2)cc1. The highest BCUT2D eigenvalue weighted by atomic mass is 35.5. The molecule has 3 rings (SSSR count). The fraction of sp³-hybridized carbons (Fsp3) is 0.0500. The highest BCUT2D eigenvalue weighted by Gasteiger charge is 2.08. The third-order valence-electron chi connectivity index (χ3n) is 3.51. The zero-order valence-corrected chi connectivity index (χ0v) is 14.1. The largest absolute Gasteiger partial charge is 0.248 e. The molecule has 114 valence electrons. The fourth-order valence-electron chi connectivity index (χ4n) is 2.26. The Hall–Kier alpha value is -2.09. The molecule has 0 unspecified atom stereocenters. The molecule has 0 saturated heterocycles. The van der Waals surface area contributed by atoms with Gasteiger partial charge in [0.1, 0.15) is 0 Å². The highest BCUT2D eigenvalue weighted by molar-refractivity contribution is 6.31. The third kappa shape index (κ3) is 4.01. The minimum Gasteiger partial charge on any atom is -0.248 e. The quantitative estimate of drug-likeness (QED) is 0.485. The van der Waals surface area contributed by atoms with Crippen LogP contribution in [0, 0.1) is 6.92 Å². The van der Waals surface area contributed by atoms with Gasteiger partial charge in [0.25, 0.3) is 0 Å². The van der Waals surface area contributed by atoms with Crippen LogP contribution in [0.5, 0.6) is 0 Å². The number of aliphatic imine (C=N–C) groups is 1. The minimum atomic E-state index is 0.708. The van der Waals surface area contributed by atoms with Crippen molar-refractivity contribution in [3.63, 3.8) is 0 Å². The van der Waals surface area contributed by atoms with Gasteiger partial charge in [0.05, 0.1) is 11.4 Å². The van der Waals surface area contributed by atoms with Gasteiger partial charge in [-0.25, -0.2) is 4.99 Å². The van der Waals surface area contributed by atoms with Crippen LogP contribution in [0.4, 0.5) is 5.69 Å². The normalized spacial score (nSPS) is 10.4. The van der Waals surface area contributed by atoms with Crippen molar-refractivity contribution in [3.8, 4) is 0 Å². The lowest BCUT2D eigenvalue weighted by Gasteiger charge is -2.08. The minimum absolute atomic E-state index is 0.708. The molecule has 0 fully saturated rings. The number of benzene rings is 3. The van der Waals surface area contributed by atoms with Gasteiger partial charge in [-0.2, -0.15) is 0 Å². The predicted molar refractivity (Wildman–Crippen MR) is 99.4 cm³/mol. The monoisotopic (exact) mass is 339 g/mol. The van der Waals surface area contributed by atoms with Gasteiger partial charge in [0.15, 0.2) is 0 Å². The van der Waals surface area contributed by atoms with Gasteiger partial charge in [-0.15, -0.1) is 0 Å². The van der Waals surface area contributed by atoms with Crippen molar-refractivity contribution in [2.24, 2.45) is 4.99 Å². The Morgan fingerprint density at radius 3 is 1.52 bits per heavy atom. The predicted octanol–water partition coefficient (Wildman–Crippen LogP) is 6.47. The summed E-state index contributed by atoms with van der Waals surface area (Å²) in [5.74, 6) is 0. The average molecular weight is 340 g/mol. The van der Waals surface area contributed by atoms with Crippen molar-refractivity contribution >= 4 is 34.6 Å². The molecule has 0 heterocycles.